The molecule has 0 aromatic carbocycles. The molecule has 0 bridgehead atoms. The van der Waals surface area contributed by atoms with Crippen molar-refractivity contribution in [2.24, 2.45) is 0 Å². The van der Waals surface area contributed by atoms with Crippen molar-refractivity contribution in [1.82, 2.24) is 25.2 Å². The van der Waals surface area contributed by atoms with Crippen LogP contribution in [0, 0.1) is 0 Å². The first kappa shape index (κ1) is 19.3. The van der Waals surface area contributed by atoms with Gasteiger partial charge in [-0.25, -0.2) is 0 Å². The first-order valence-electron chi connectivity index (χ1n) is 10.5. The van der Waals surface area contributed by atoms with E-state index in [0.717, 1.165) is 25.3 Å². The summed E-state index contributed by atoms with van der Waals surface area (Å²) in [5.74, 6) is 1.65. The quantitative estimate of drug-likeness (QED) is 0.613. The highest BCUT2D eigenvalue weighted by molar-refractivity contribution is 5.30. The minimum Gasteiger partial charge on any atom is -0.368 e. The van der Waals surface area contributed by atoms with Crippen LogP contribution in [0.5, 0.6) is 0 Å². The van der Waals surface area contributed by atoms with Crippen molar-refractivity contribution >= 4 is 11.9 Å². The van der Waals surface area contributed by atoms with Gasteiger partial charge in [-0.05, 0) is 45.2 Å². The fourth-order valence-electron chi connectivity index (χ4n) is 4.30. The van der Waals surface area contributed by atoms with E-state index in [4.69, 9.17) is 5.73 Å². The highest BCUT2D eigenvalue weighted by Gasteiger charge is 2.22. The van der Waals surface area contributed by atoms with Crippen LogP contribution in [-0.2, 0) is 6.54 Å². The minimum absolute atomic E-state index is 0.302. The minimum atomic E-state index is 0.302. The SMILES string of the molecule is CCN1CCCC1CCNc1nc(N)nc(CNC2CCCCCC2)n1. The van der Waals surface area contributed by atoms with Gasteiger partial charge in [0.2, 0.25) is 11.9 Å². The van der Waals surface area contributed by atoms with Crippen molar-refractivity contribution in [3.05, 3.63) is 5.82 Å². The third kappa shape index (κ3) is 5.77. The number of anilines is 2. The molecule has 2 aliphatic rings. The van der Waals surface area contributed by atoms with Crippen molar-refractivity contribution in [3.63, 3.8) is 0 Å². The van der Waals surface area contributed by atoms with E-state index in [0.29, 0.717) is 30.5 Å². The largest absolute Gasteiger partial charge is 0.368 e. The van der Waals surface area contributed by atoms with Gasteiger partial charge in [-0.2, -0.15) is 15.0 Å². The van der Waals surface area contributed by atoms with Gasteiger partial charge in [0, 0.05) is 18.6 Å². The van der Waals surface area contributed by atoms with E-state index in [1.807, 2.05) is 0 Å². The monoisotopic (exact) mass is 361 g/mol. The lowest BCUT2D eigenvalue weighted by molar-refractivity contribution is 0.259. The van der Waals surface area contributed by atoms with E-state index in [2.05, 4.69) is 37.4 Å². The van der Waals surface area contributed by atoms with Crippen LogP contribution in [0.1, 0.15) is 70.5 Å². The molecule has 146 valence electrons. The lowest BCUT2D eigenvalue weighted by Gasteiger charge is -2.22. The second kappa shape index (κ2) is 10.0. The molecule has 1 saturated carbocycles. The molecule has 1 unspecified atom stereocenters. The number of aromatic nitrogens is 3. The van der Waals surface area contributed by atoms with E-state index < -0.39 is 0 Å². The normalized spacial score (nSPS) is 22.4. The van der Waals surface area contributed by atoms with Crippen molar-refractivity contribution in [2.45, 2.75) is 83.3 Å². The van der Waals surface area contributed by atoms with Gasteiger partial charge >= 0.3 is 0 Å². The van der Waals surface area contributed by atoms with Gasteiger partial charge in [-0.15, -0.1) is 0 Å². The molecule has 1 aromatic rings. The smallest absolute Gasteiger partial charge is 0.227 e. The van der Waals surface area contributed by atoms with Gasteiger partial charge in [0.25, 0.3) is 0 Å². The maximum atomic E-state index is 5.89. The van der Waals surface area contributed by atoms with E-state index in [-0.39, 0.29) is 0 Å². The standard InChI is InChI=1S/C19H35N7/c1-2-26-13-7-10-16(26)11-12-21-19-24-17(23-18(20)25-19)14-22-15-8-5-3-4-6-9-15/h15-16,22H,2-14H2,1H3,(H3,20,21,23,24,25). The number of nitrogens with zero attached hydrogens (tertiary/aromatic N) is 4. The molecule has 3 rings (SSSR count). The van der Waals surface area contributed by atoms with Crippen LogP contribution >= 0.6 is 0 Å². The first-order valence-corrected chi connectivity index (χ1v) is 10.5. The predicted molar refractivity (Wildman–Crippen MR) is 106 cm³/mol. The predicted octanol–water partition coefficient (Wildman–Crippen LogP) is 2.55. The number of hydrogen-bond donors (Lipinski definition) is 3. The summed E-state index contributed by atoms with van der Waals surface area (Å²) in [5, 5.41) is 6.95. The molecular weight excluding hydrogens is 326 g/mol. The van der Waals surface area contributed by atoms with E-state index in [1.165, 1.54) is 57.9 Å². The van der Waals surface area contributed by atoms with Crippen LogP contribution in [0.4, 0.5) is 11.9 Å². The van der Waals surface area contributed by atoms with Gasteiger partial charge in [-0.3, -0.25) is 0 Å². The molecule has 0 spiro atoms. The number of likely N-dealkylation sites (tertiary alicyclic amines) is 1. The molecule has 1 atom stereocenters. The zero-order valence-electron chi connectivity index (χ0n) is 16.2. The Labute approximate surface area is 157 Å². The summed E-state index contributed by atoms with van der Waals surface area (Å²) < 4.78 is 0. The Morgan fingerprint density at radius 2 is 1.85 bits per heavy atom. The third-order valence-electron chi connectivity index (χ3n) is 5.77. The fourth-order valence-corrected chi connectivity index (χ4v) is 4.30. The number of nitrogens with one attached hydrogen (secondary N) is 2. The summed E-state index contributed by atoms with van der Waals surface area (Å²) in [6, 6.07) is 1.26. The van der Waals surface area contributed by atoms with Gasteiger partial charge in [0.15, 0.2) is 0 Å². The molecule has 7 heteroatoms. The van der Waals surface area contributed by atoms with Crippen LogP contribution < -0.4 is 16.4 Å². The Bertz CT molecular complexity index is 543. The molecule has 1 saturated heterocycles. The lowest BCUT2D eigenvalue weighted by Crippen LogP contribution is -2.31. The second-order valence-corrected chi connectivity index (χ2v) is 7.64. The van der Waals surface area contributed by atoms with Crippen LogP contribution in [0.25, 0.3) is 0 Å². The summed E-state index contributed by atoms with van der Waals surface area (Å²) >= 11 is 0. The van der Waals surface area contributed by atoms with Gasteiger partial charge < -0.3 is 21.3 Å². The van der Waals surface area contributed by atoms with Gasteiger partial charge in [0.05, 0.1) is 6.54 Å². The van der Waals surface area contributed by atoms with Crippen LogP contribution in [0.15, 0.2) is 0 Å². The Hall–Kier alpha value is -1.47. The van der Waals surface area contributed by atoms with Gasteiger partial charge in [0.1, 0.15) is 5.82 Å². The van der Waals surface area contributed by atoms with Crippen molar-refractivity contribution in [2.75, 3.05) is 30.7 Å². The summed E-state index contributed by atoms with van der Waals surface area (Å²) in [4.78, 5) is 15.7. The van der Waals surface area contributed by atoms with Gasteiger partial charge in [-0.1, -0.05) is 32.6 Å². The zero-order valence-corrected chi connectivity index (χ0v) is 16.2. The summed E-state index contributed by atoms with van der Waals surface area (Å²) in [6.45, 7) is 6.15. The van der Waals surface area contributed by atoms with Crippen molar-refractivity contribution < 1.29 is 0 Å². The topological polar surface area (TPSA) is 92.0 Å². The Morgan fingerprint density at radius 3 is 2.62 bits per heavy atom. The fraction of sp³-hybridized carbons (Fsp3) is 0.842. The molecule has 0 radical (unpaired) electrons. The maximum Gasteiger partial charge on any atom is 0.227 e. The van der Waals surface area contributed by atoms with Crippen LogP contribution in [-0.4, -0.2) is 51.6 Å². The third-order valence-corrected chi connectivity index (χ3v) is 5.77. The summed E-state index contributed by atoms with van der Waals surface area (Å²) in [6.07, 6.45) is 11.6. The molecule has 26 heavy (non-hydrogen) atoms. The molecular formula is C19H35N7. The zero-order chi connectivity index (χ0) is 18.2. The molecule has 1 aliphatic carbocycles. The highest BCUT2D eigenvalue weighted by atomic mass is 15.2. The Kier molecular flexibility index (Phi) is 7.43. The second-order valence-electron chi connectivity index (χ2n) is 7.64. The molecule has 0 amide bonds. The van der Waals surface area contributed by atoms with E-state index in [1.54, 1.807) is 0 Å². The number of nitrogen functional groups attached to an aromatic ring is 1. The summed E-state index contributed by atoms with van der Waals surface area (Å²) in [7, 11) is 0. The molecule has 1 aliphatic heterocycles. The molecule has 2 heterocycles. The van der Waals surface area contributed by atoms with Crippen LogP contribution in [0.3, 0.4) is 0 Å². The summed E-state index contributed by atoms with van der Waals surface area (Å²) in [5.41, 5.74) is 5.89. The number of nitrogens with two attached hydrogens (primary N) is 1. The van der Waals surface area contributed by atoms with Crippen molar-refractivity contribution in [3.8, 4) is 0 Å². The average molecular weight is 362 g/mol. The van der Waals surface area contributed by atoms with Crippen molar-refractivity contribution in [1.29, 1.82) is 0 Å². The molecule has 4 N–H and O–H groups in total. The highest BCUT2D eigenvalue weighted by Crippen LogP contribution is 2.20. The molecule has 2 fully saturated rings. The molecule has 7 nitrogen and oxygen atoms in total. The number of hydrogen-bond acceptors (Lipinski definition) is 7. The Balaban J connectivity index is 1.47. The number of rotatable bonds is 8. The Morgan fingerprint density at radius 1 is 1.04 bits per heavy atom. The van der Waals surface area contributed by atoms with Crippen LogP contribution in [0.2, 0.25) is 0 Å². The average Bonchev–Trinajstić information content (AvgIpc) is 2.92. The maximum absolute atomic E-state index is 5.89. The van der Waals surface area contributed by atoms with E-state index in [9.17, 15) is 0 Å². The van der Waals surface area contributed by atoms with E-state index >= 15 is 0 Å². The molecule has 1 aromatic heterocycles. The lowest BCUT2D eigenvalue weighted by atomic mass is 10.1. The first-order chi connectivity index (χ1) is 12.7.